The van der Waals surface area contributed by atoms with E-state index in [2.05, 4.69) is 13.8 Å². The minimum atomic E-state index is 0. The predicted molar refractivity (Wildman–Crippen MR) is 35.7 cm³/mol. The largest absolute Gasteiger partial charge is 1.00 e. The van der Waals surface area contributed by atoms with Crippen molar-refractivity contribution < 1.29 is 24.0 Å². The maximum atomic E-state index is 8.25. The molecule has 0 fully saturated rings. The van der Waals surface area contributed by atoms with Gasteiger partial charge in [0.05, 0.1) is 0 Å². The molecule has 2 heteroatoms. The van der Waals surface area contributed by atoms with Crippen molar-refractivity contribution in [2.24, 2.45) is 0 Å². The van der Waals surface area contributed by atoms with Gasteiger partial charge in [-0.15, -0.1) is 0 Å². The van der Waals surface area contributed by atoms with E-state index in [-0.39, 0.29) is 18.9 Å². The summed E-state index contributed by atoms with van der Waals surface area (Å²) < 4.78 is 0. The van der Waals surface area contributed by atoms with Crippen LogP contribution in [0.4, 0.5) is 0 Å². The number of hydrogen-bond donors (Lipinski definition) is 0. The molecule has 0 aromatic heterocycles. The summed E-state index contributed by atoms with van der Waals surface area (Å²) >= 11 is 0. The van der Waals surface area contributed by atoms with Crippen molar-refractivity contribution >= 4 is 0 Å². The van der Waals surface area contributed by atoms with Crippen molar-refractivity contribution in [1.29, 1.82) is 0 Å². The van der Waals surface area contributed by atoms with Gasteiger partial charge in [0.2, 0.25) is 0 Å². The minimum absolute atomic E-state index is 0. The first-order chi connectivity index (χ1) is 3.91. The minimum Gasteiger partial charge on any atom is -0.857 e. The third-order valence-electron chi connectivity index (χ3n) is 0.957. The quantitative estimate of drug-likeness (QED) is 0.334. The Morgan fingerprint density at radius 2 is 1.11 bits per heavy atom. The molecule has 0 aliphatic heterocycles. The standard InChI is InChI=1S/C6H14.CH3O.Li/c1-3-5-6-4-2;1-2;/h3-6H2,1-2H3;1H3;/q;-1;+1. The molecule has 0 aromatic carbocycles. The van der Waals surface area contributed by atoms with Crippen LogP contribution in [0.2, 0.25) is 0 Å². The van der Waals surface area contributed by atoms with Crippen molar-refractivity contribution in [2.75, 3.05) is 7.11 Å². The topological polar surface area (TPSA) is 23.1 Å². The second-order valence-corrected chi connectivity index (χ2v) is 1.71. The molecule has 1 nitrogen and oxygen atoms in total. The normalized spacial score (nSPS) is 6.67. The van der Waals surface area contributed by atoms with E-state index < -0.39 is 0 Å². The van der Waals surface area contributed by atoms with Crippen LogP contribution in [-0.4, -0.2) is 7.11 Å². The molecule has 0 aliphatic rings. The van der Waals surface area contributed by atoms with Gasteiger partial charge in [0.15, 0.2) is 0 Å². The average Bonchev–Trinajstić information content (AvgIpc) is 1.88. The molecular weight excluding hydrogens is 107 g/mol. The van der Waals surface area contributed by atoms with E-state index in [1.54, 1.807) is 0 Å². The Labute approximate surface area is 71.0 Å². The van der Waals surface area contributed by atoms with E-state index >= 15 is 0 Å². The van der Waals surface area contributed by atoms with E-state index in [1.807, 2.05) is 0 Å². The van der Waals surface area contributed by atoms with Gasteiger partial charge in [-0.1, -0.05) is 39.5 Å². The molecule has 9 heavy (non-hydrogen) atoms. The molecule has 0 N–H and O–H groups in total. The summed E-state index contributed by atoms with van der Waals surface area (Å²) in [6.07, 6.45) is 5.54. The van der Waals surface area contributed by atoms with Crippen LogP contribution < -0.4 is 24.0 Å². The van der Waals surface area contributed by atoms with Gasteiger partial charge in [0.1, 0.15) is 0 Å². The Morgan fingerprint density at radius 3 is 1.22 bits per heavy atom. The van der Waals surface area contributed by atoms with Gasteiger partial charge in [-0.05, 0) is 0 Å². The Bertz CT molecular complexity index is 20.9. The van der Waals surface area contributed by atoms with Crippen molar-refractivity contribution in [3.63, 3.8) is 0 Å². The summed E-state index contributed by atoms with van der Waals surface area (Å²) in [7, 11) is 0.750. The van der Waals surface area contributed by atoms with Crippen molar-refractivity contribution in [3.05, 3.63) is 0 Å². The first-order valence-corrected chi connectivity index (χ1v) is 3.32. The number of rotatable bonds is 3. The van der Waals surface area contributed by atoms with E-state index in [1.165, 1.54) is 25.7 Å². The first kappa shape index (κ1) is 16.3. The van der Waals surface area contributed by atoms with Crippen molar-refractivity contribution in [2.45, 2.75) is 39.5 Å². The third-order valence-corrected chi connectivity index (χ3v) is 0.957. The molecule has 0 spiro atoms. The second kappa shape index (κ2) is 23.5. The van der Waals surface area contributed by atoms with Crippen molar-refractivity contribution in [3.8, 4) is 0 Å². The van der Waals surface area contributed by atoms with E-state index in [4.69, 9.17) is 5.11 Å². The summed E-state index contributed by atoms with van der Waals surface area (Å²) in [6.45, 7) is 4.46. The Kier molecular flexibility index (Phi) is 42.6. The molecule has 0 saturated carbocycles. The second-order valence-electron chi connectivity index (χ2n) is 1.71. The molecule has 0 rings (SSSR count). The fourth-order valence-corrected chi connectivity index (χ4v) is 0.500. The Balaban J connectivity index is -0.000000109. The van der Waals surface area contributed by atoms with Gasteiger partial charge < -0.3 is 5.11 Å². The van der Waals surface area contributed by atoms with Crippen LogP contribution in [0.1, 0.15) is 39.5 Å². The van der Waals surface area contributed by atoms with Crippen molar-refractivity contribution in [1.82, 2.24) is 0 Å². The zero-order valence-corrected chi connectivity index (χ0v) is 7.24. The molecular formula is C7H17LiO. The zero-order valence-electron chi connectivity index (χ0n) is 7.24. The van der Waals surface area contributed by atoms with Gasteiger partial charge in [-0.25, -0.2) is 0 Å². The molecule has 0 atom stereocenters. The summed E-state index contributed by atoms with van der Waals surface area (Å²) in [5.41, 5.74) is 0. The zero-order chi connectivity index (χ0) is 6.83. The fourth-order valence-electron chi connectivity index (χ4n) is 0.500. The van der Waals surface area contributed by atoms with Crippen LogP contribution in [0.3, 0.4) is 0 Å². The summed E-state index contributed by atoms with van der Waals surface area (Å²) in [4.78, 5) is 0. The number of unbranched alkanes of at least 4 members (excludes halogenated alkanes) is 3. The van der Waals surface area contributed by atoms with Gasteiger partial charge in [0.25, 0.3) is 0 Å². The average molecular weight is 124 g/mol. The van der Waals surface area contributed by atoms with E-state index in [0.717, 1.165) is 7.11 Å². The molecule has 52 valence electrons. The van der Waals surface area contributed by atoms with Crippen LogP contribution in [0, 0.1) is 0 Å². The summed E-state index contributed by atoms with van der Waals surface area (Å²) in [5.74, 6) is 0. The first-order valence-electron chi connectivity index (χ1n) is 3.32. The smallest absolute Gasteiger partial charge is 0.857 e. The SMILES string of the molecule is CCCCCC.C[O-].[Li+]. The molecule has 0 aliphatic carbocycles. The van der Waals surface area contributed by atoms with Gasteiger partial charge in [-0.3, -0.25) is 0 Å². The molecule has 0 radical (unpaired) electrons. The Morgan fingerprint density at radius 1 is 0.889 bits per heavy atom. The molecule has 0 saturated heterocycles. The monoisotopic (exact) mass is 124 g/mol. The molecule has 0 heterocycles. The summed E-state index contributed by atoms with van der Waals surface area (Å²) in [5, 5.41) is 8.25. The predicted octanol–water partition coefficient (Wildman–Crippen LogP) is -1.43. The van der Waals surface area contributed by atoms with Crippen LogP contribution in [0.5, 0.6) is 0 Å². The maximum absolute atomic E-state index is 8.25. The third kappa shape index (κ3) is 29.1. The molecule has 0 unspecified atom stereocenters. The summed E-state index contributed by atoms with van der Waals surface area (Å²) in [6, 6.07) is 0. The molecule has 0 bridgehead atoms. The van der Waals surface area contributed by atoms with Crippen LogP contribution in [0.15, 0.2) is 0 Å². The fraction of sp³-hybridized carbons (Fsp3) is 1.00. The van der Waals surface area contributed by atoms with Crippen LogP contribution in [-0.2, 0) is 0 Å². The molecule has 0 aromatic rings. The maximum Gasteiger partial charge on any atom is 1.00 e. The molecule has 0 amide bonds. The van der Waals surface area contributed by atoms with Gasteiger partial charge in [-0.2, -0.15) is 7.11 Å². The van der Waals surface area contributed by atoms with E-state index in [0.29, 0.717) is 0 Å². The number of hydrogen-bond acceptors (Lipinski definition) is 1. The van der Waals surface area contributed by atoms with Gasteiger partial charge >= 0.3 is 18.9 Å². The van der Waals surface area contributed by atoms with E-state index in [9.17, 15) is 0 Å². The van der Waals surface area contributed by atoms with Crippen LogP contribution in [0.25, 0.3) is 0 Å². The Hall–Kier alpha value is 0.557. The van der Waals surface area contributed by atoms with Crippen LogP contribution >= 0.6 is 0 Å². The van der Waals surface area contributed by atoms with Gasteiger partial charge in [0, 0.05) is 0 Å².